The first kappa shape index (κ1) is 62.0. The van der Waals surface area contributed by atoms with Gasteiger partial charge in [-0.25, -0.2) is 0 Å². The Hall–Kier alpha value is -3.96. The van der Waals surface area contributed by atoms with Crippen molar-refractivity contribution in [2.75, 3.05) is 13.2 Å². The Labute approximate surface area is 406 Å². The third kappa shape index (κ3) is 52.7. The number of unbranched alkanes of at least 4 members (excludes halogenated alkanes) is 17. The number of hydrogen-bond acceptors (Lipinski definition) is 5. The zero-order chi connectivity index (χ0) is 47.7. The van der Waals surface area contributed by atoms with Gasteiger partial charge in [0.15, 0.2) is 6.10 Å². The van der Waals surface area contributed by atoms with Gasteiger partial charge in [0.25, 0.3) is 0 Å². The van der Waals surface area contributed by atoms with Gasteiger partial charge in [0, 0.05) is 12.8 Å². The molecular weight excluding hydrogens is 813 g/mol. The van der Waals surface area contributed by atoms with Crippen LogP contribution in [0.2, 0.25) is 0 Å². The summed E-state index contributed by atoms with van der Waals surface area (Å²) in [6.45, 7) is 3.89. The van der Waals surface area contributed by atoms with Crippen LogP contribution in [0.3, 0.4) is 0 Å². The second-order valence-corrected chi connectivity index (χ2v) is 17.2. The smallest absolute Gasteiger partial charge is 0.306 e. The van der Waals surface area contributed by atoms with E-state index in [4.69, 9.17) is 9.47 Å². The zero-order valence-electron chi connectivity index (χ0n) is 42.4. The fourth-order valence-corrected chi connectivity index (χ4v) is 7.00. The minimum Gasteiger partial charge on any atom is -0.462 e. The predicted octanol–water partition coefficient (Wildman–Crippen LogP) is 18.1. The number of hydrogen-bond donors (Lipinski definition) is 1. The van der Waals surface area contributed by atoms with E-state index in [9.17, 15) is 14.7 Å². The van der Waals surface area contributed by atoms with Crippen LogP contribution in [-0.2, 0) is 19.1 Å². The first-order valence-electron chi connectivity index (χ1n) is 26.7. The van der Waals surface area contributed by atoms with Gasteiger partial charge in [0.2, 0.25) is 0 Å². The van der Waals surface area contributed by atoms with E-state index in [0.717, 1.165) is 116 Å². The molecule has 0 bridgehead atoms. The van der Waals surface area contributed by atoms with Gasteiger partial charge in [0.1, 0.15) is 6.61 Å². The van der Waals surface area contributed by atoms with Crippen LogP contribution in [-0.4, -0.2) is 36.4 Å². The number of carbonyl (C=O) groups is 2. The monoisotopic (exact) mass is 911 g/mol. The molecule has 0 spiro atoms. The Balaban J connectivity index is 3.59. The molecular formula is C61H98O5. The van der Waals surface area contributed by atoms with Crippen molar-refractivity contribution in [1.82, 2.24) is 0 Å². The number of carbonyl (C=O) groups excluding carboxylic acids is 2. The first-order valence-corrected chi connectivity index (χ1v) is 26.7. The summed E-state index contributed by atoms with van der Waals surface area (Å²) < 4.78 is 10.7. The summed E-state index contributed by atoms with van der Waals surface area (Å²) >= 11 is 0. The van der Waals surface area contributed by atoms with Crippen LogP contribution < -0.4 is 0 Å². The van der Waals surface area contributed by atoms with Crippen molar-refractivity contribution in [2.45, 2.75) is 225 Å². The molecule has 0 fully saturated rings. The van der Waals surface area contributed by atoms with E-state index in [1.54, 1.807) is 0 Å². The van der Waals surface area contributed by atoms with E-state index >= 15 is 0 Å². The Morgan fingerprint density at radius 2 is 0.606 bits per heavy atom. The number of esters is 2. The lowest BCUT2D eigenvalue weighted by Crippen LogP contribution is -2.28. The maximum absolute atomic E-state index is 12.3. The Kier molecular flexibility index (Phi) is 52.0. The van der Waals surface area contributed by atoms with Crippen LogP contribution in [0.4, 0.5) is 0 Å². The minimum absolute atomic E-state index is 0.0821. The molecule has 5 nitrogen and oxygen atoms in total. The molecule has 0 aromatic rings. The molecule has 0 aromatic heterocycles. The summed E-state index contributed by atoms with van der Waals surface area (Å²) in [4.78, 5) is 24.5. The van der Waals surface area contributed by atoms with Gasteiger partial charge in [-0.15, -0.1) is 0 Å². The molecule has 0 heterocycles. The normalized spacial score (nSPS) is 13.3. The highest BCUT2D eigenvalue weighted by Gasteiger charge is 2.16. The topological polar surface area (TPSA) is 72.8 Å². The molecule has 0 aliphatic carbocycles. The molecule has 0 aromatic carbocycles. The van der Waals surface area contributed by atoms with Crippen LogP contribution in [0.25, 0.3) is 0 Å². The van der Waals surface area contributed by atoms with Crippen molar-refractivity contribution in [3.63, 3.8) is 0 Å². The van der Waals surface area contributed by atoms with Gasteiger partial charge in [-0.3, -0.25) is 9.59 Å². The third-order valence-electron chi connectivity index (χ3n) is 10.9. The molecule has 66 heavy (non-hydrogen) atoms. The van der Waals surface area contributed by atoms with E-state index in [1.165, 1.54) is 77.0 Å². The molecule has 0 aliphatic heterocycles. The number of aliphatic hydroxyl groups excluding tert-OH is 1. The number of allylic oxidation sites excluding steroid dienone is 22. The molecule has 0 saturated carbocycles. The van der Waals surface area contributed by atoms with Gasteiger partial charge in [-0.05, 0) is 109 Å². The summed E-state index contributed by atoms with van der Waals surface area (Å²) in [5.41, 5.74) is 0. The maximum atomic E-state index is 12.3. The molecule has 1 unspecified atom stereocenters. The Bertz CT molecular complexity index is 1400. The molecule has 1 atom stereocenters. The van der Waals surface area contributed by atoms with Crippen molar-refractivity contribution >= 4 is 11.9 Å². The molecule has 0 amide bonds. The van der Waals surface area contributed by atoms with Gasteiger partial charge in [-0.2, -0.15) is 0 Å². The van der Waals surface area contributed by atoms with E-state index in [2.05, 4.69) is 148 Å². The van der Waals surface area contributed by atoms with Gasteiger partial charge < -0.3 is 14.6 Å². The number of ether oxygens (including phenoxy) is 2. The van der Waals surface area contributed by atoms with E-state index < -0.39 is 6.10 Å². The van der Waals surface area contributed by atoms with E-state index in [-0.39, 0.29) is 25.2 Å². The molecule has 0 rings (SSSR count). The van der Waals surface area contributed by atoms with Crippen LogP contribution >= 0.6 is 0 Å². The summed E-state index contributed by atoms with van der Waals surface area (Å²) in [6.07, 6.45) is 82.6. The summed E-state index contributed by atoms with van der Waals surface area (Å²) in [6, 6.07) is 0. The number of aliphatic hydroxyl groups is 1. The predicted molar refractivity (Wildman–Crippen MR) is 288 cm³/mol. The minimum atomic E-state index is -0.792. The van der Waals surface area contributed by atoms with Crippen LogP contribution in [0.15, 0.2) is 134 Å². The highest BCUT2D eigenvalue weighted by atomic mass is 16.6. The van der Waals surface area contributed by atoms with Crippen LogP contribution in [0, 0.1) is 0 Å². The van der Waals surface area contributed by atoms with Crippen LogP contribution in [0.1, 0.15) is 219 Å². The Morgan fingerprint density at radius 1 is 0.348 bits per heavy atom. The van der Waals surface area contributed by atoms with Crippen LogP contribution in [0.5, 0.6) is 0 Å². The molecule has 0 aliphatic rings. The van der Waals surface area contributed by atoms with Gasteiger partial charge in [0.05, 0.1) is 6.61 Å². The largest absolute Gasteiger partial charge is 0.462 e. The molecule has 0 saturated heterocycles. The van der Waals surface area contributed by atoms with Crippen molar-refractivity contribution in [2.24, 2.45) is 0 Å². The van der Waals surface area contributed by atoms with Crippen molar-refractivity contribution in [3.05, 3.63) is 134 Å². The Morgan fingerprint density at radius 3 is 0.909 bits per heavy atom. The lowest BCUT2D eigenvalue weighted by Gasteiger charge is -2.15. The summed E-state index contributed by atoms with van der Waals surface area (Å²) in [5.74, 6) is -0.619. The SMILES string of the molecule is CC/C=C\C/C=C\C/C=C\C/C=C\C/C=C\C/C=C\CCCCCCCCC(=O)OC(CO)COC(=O)CCCCCCCCCCCCC/C=C\C/C=C\C/C=C\C/C=C\C/C=C\CC. The summed E-state index contributed by atoms with van der Waals surface area (Å²) in [5, 5.41) is 9.64. The highest BCUT2D eigenvalue weighted by Crippen LogP contribution is 2.14. The van der Waals surface area contributed by atoms with Crippen molar-refractivity contribution in [1.29, 1.82) is 0 Å². The first-order chi connectivity index (χ1) is 32.6. The van der Waals surface area contributed by atoms with Crippen molar-refractivity contribution < 1.29 is 24.2 Å². The zero-order valence-corrected chi connectivity index (χ0v) is 42.4. The van der Waals surface area contributed by atoms with Gasteiger partial charge >= 0.3 is 11.9 Å². The quantitative estimate of drug-likeness (QED) is 0.0374. The highest BCUT2D eigenvalue weighted by molar-refractivity contribution is 5.70. The van der Waals surface area contributed by atoms with E-state index in [1.807, 2.05) is 0 Å². The van der Waals surface area contributed by atoms with E-state index in [0.29, 0.717) is 12.8 Å². The number of rotatable bonds is 47. The molecule has 372 valence electrons. The lowest BCUT2D eigenvalue weighted by atomic mass is 10.0. The third-order valence-corrected chi connectivity index (χ3v) is 10.9. The standard InChI is InChI=1S/C61H98O5/c1-3-5-7-9-11-13-15-17-19-21-23-25-27-29-30-32-33-35-37-39-41-43-45-47-49-51-53-55-60(63)65-58-59(57-62)66-61(64)56-54-52-50-48-46-44-42-40-38-36-34-31-28-26-24-22-20-18-16-14-12-10-8-6-4-2/h5-8,11-14,17-20,23-26,29-31,34,38,40,59,62H,3-4,9-10,15-16,21-22,27-28,32-33,35-37,39,41-58H2,1-2H3/b7-5-,8-6-,13-11-,14-12-,19-17-,20-18-,25-23-,26-24-,30-29-,34-31-,40-38-. The molecule has 0 radical (unpaired) electrons. The average Bonchev–Trinajstić information content (AvgIpc) is 3.32. The second-order valence-electron chi connectivity index (χ2n) is 17.2. The average molecular weight is 911 g/mol. The summed E-state index contributed by atoms with van der Waals surface area (Å²) in [7, 11) is 0. The molecule has 5 heteroatoms. The lowest BCUT2D eigenvalue weighted by molar-refractivity contribution is -0.161. The fraction of sp³-hybridized carbons (Fsp3) is 0.607. The fourth-order valence-electron chi connectivity index (χ4n) is 7.00. The molecule has 1 N–H and O–H groups in total. The van der Waals surface area contributed by atoms with Gasteiger partial charge in [-0.1, -0.05) is 231 Å². The maximum Gasteiger partial charge on any atom is 0.306 e. The van der Waals surface area contributed by atoms with Crippen molar-refractivity contribution in [3.8, 4) is 0 Å². The second kappa shape index (κ2) is 55.4.